The van der Waals surface area contributed by atoms with Crippen molar-refractivity contribution in [1.29, 1.82) is 0 Å². The molecule has 0 aliphatic heterocycles. The molecule has 3 nitrogen and oxygen atoms in total. The average molecular weight is 727 g/mol. The van der Waals surface area contributed by atoms with E-state index in [-0.39, 0.29) is 0 Å². The summed E-state index contributed by atoms with van der Waals surface area (Å²) in [7, 11) is 0. The molecular weight excluding hydrogens is 693 g/mol. The van der Waals surface area contributed by atoms with Gasteiger partial charge in [-0.05, 0) is 106 Å². The van der Waals surface area contributed by atoms with Gasteiger partial charge in [-0.15, -0.1) is 0 Å². The van der Waals surface area contributed by atoms with Gasteiger partial charge < -0.3 is 13.6 Å². The molecular formula is C54H34N2O. The topological polar surface area (TPSA) is 23.0 Å². The second kappa shape index (κ2) is 12.5. The van der Waals surface area contributed by atoms with E-state index in [1.807, 2.05) is 12.1 Å². The molecule has 0 saturated heterocycles. The van der Waals surface area contributed by atoms with Crippen LogP contribution < -0.4 is 0 Å². The number of rotatable bonds is 5. The summed E-state index contributed by atoms with van der Waals surface area (Å²) >= 11 is 0. The van der Waals surface area contributed by atoms with Crippen molar-refractivity contribution in [2.75, 3.05) is 0 Å². The van der Waals surface area contributed by atoms with E-state index in [0.717, 1.165) is 44.4 Å². The van der Waals surface area contributed by atoms with E-state index in [1.54, 1.807) is 0 Å². The van der Waals surface area contributed by atoms with Gasteiger partial charge in [-0.2, -0.15) is 0 Å². The van der Waals surface area contributed by atoms with Gasteiger partial charge in [-0.25, -0.2) is 0 Å². The number of fused-ring (bicyclic) bond motifs is 10. The van der Waals surface area contributed by atoms with Gasteiger partial charge in [0.2, 0.25) is 0 Å². The van der Waals surface area contributed by atoms with E-state index in [1.165, 1.54) is 65.9 Å². The van der Waals surface area contributed by atoms with E-state index < -0.39 is 0 Å². The van der Waals surface area contributed by atoms with Crippen molar-refractivity contribution in [2.45, 2.75) is 0 Å². The summed E-state index contributed by atoms with van der Waals surface area (Å²) in [6, 6.07) is 74.5. The molecule has 0 amide bonds. The number of para-hydroxylation sites is 3. The van der Waals surface area contributed by atoms with Crippen LogP contribution in [-0.2, 0) is 0 Å². The minimum atomic E-state index is 0.910. The minimum Gasteiger partial charge on any atom is -0.456 e. The van der Waals surface area contributed by atoms with E-state index in [0.29, 0.717) is 0 Å². The van der Waals surface area contributed by atoms with Gasteiger partial charge in [0.1, 0.15) is 11.2 Å². The first kappa shape index (κ1) is 31.7. The average Bonchev–Trinajstić information content (AvgIpc) is 3.94. The lowest BCUT2D eigenvalue weighted by atomic mass is 9.99. The Morgan fingerprint density at radius 1 is 0.263 bits per heavy atom. The summed E-state index contributed by atoms with van der Waals surface area (Å²) in [4.78, 5) is 0. The molecule has 0 N–H and O–H groups in total. The minimum absolute atomic E-state index is 0.910. The van der Waals surface area contributed by atoms with Gasteiger partial charge >= 0.3 is 0 Å². The first-order valence-electron chi connectivity index (χ1n) is 19.5. The Morgan fingerprint density at radius 3 is 1.47 bits per heavy atom. The van der Waals surface area contributed by atoms with Gasteiger partial charge in [0, 0.05) is 43.7 Å². The predicted molar refractivity (Wildman–Crippen MR) is 239 cm³/mol. The number of aromatic nitrogens is 2. The predicted octanol–water partition coefficient (Wildman–Crippen LogP) is 14.8. The van der Waals surface area contributed by atoms with Crippen molar-refractivity contribution in [1.82, 2.24) is 9.13 Å². The summed E-state index contributed by atoms with van der Waals surface area (Å²) in [5, 5.41) is 7.32. The van der Waals surface area contributed by atoms with Crippen LogP contribution in [0.4, 0.5) is 0 Å². The molecule has 3 heterocycles. The lowest BCUT2D eigenvalue weighted by Gasteiger charge is -2.12. The molecule has 0 aliphatic carbocycles. The molecule has 57 heavy (non-hydrogen) atoms. The molecule has 12 aromatic rings. The largest absolute Gasteiger partial charge is 0.456 e. The first-order valence-corrected chi connectivity index (χ1v) is 19.5. The molecule has 0 bridgehead atoms. The van der Waals surface area contributed by atoms with Crippen molar-refractivity contribution in [3.8, 4) is 44.8 Å². The van der Waals surface area contributed by atoms with Crippen molar-refractivity contribution in [3.63, 3.8) is 0 Å². The fourth-order valence-electron chi connectivity index (χ4n) is 9.12. The van der Waals surface area contributed by atoms with Crippen LogP contribution in [0.1, 0.15) is 0 Å². The van der Waals surface area contributed by atoms with Crippen molar-refractivity contribution in [3.05, 3.63) is 206 Å². The first-order chi connectivity index (χ1) is 28.3. The molecule has 9 aromatic carbocycles. The highest BCUT2D eigenvalue weighted by Gasteiger charge is 2.21. The van der Waals surface area contributed by atoms with E-state index >= 15 is 0 Å². The molecule has 0 saturated carbocycles. The third kappa shape index (κ3) is 4.92. The van der Waals surface area contributed by atoms with Crippen LogP contribution in [0.2, 0.25) is 0 Å². The number of nitrogens with zero attached hydrogens (tertiary/aromatic N) is 2. The Bertz CT molecular complexity index is 3510. The summed E-state index contributed by atoms with van der Waals surface area (Å²) in [6.45, 7) is 0. The maximum atomic E-state index is 6.23. The molecule has 0 atom stereocenters. The van der Waals surface area contributed by atoms with E-state index in [9.17, 15) is 0 Å². The van der Waals surface area contributed by atoms with Crippen LogP contribution in [0.15, 0.2) is 211 Å². The molecule has 0 spiro atoms. The highest BCUT2D eigenvalue weighted by molar-refractivity contribution is 6.29. The summed E-state index contributed by atoms with van der Waals surface area (Å²) in [6.07, 6.45) is 0. The zero-order valence-electron chi connectivity index (χ0n) is 30.9. The van der Waals surface area contributed by atoms with Crippen LogP contribution in [0, 0.1) is 0 Å². The fraction of sp³-hybridized carbons (Fsp3) is 0. The van der Waals surface area contributed by atoms with Crippen molar-refractivity contribution >= 4 is 65.6 Å². The molecule has 0 radical (unpaired) electrons. The van der Waals surface area contributed by atoms with Crippen LogP contribution in [0.5, 0.6) is 0 Å². The molecule has 3 heteroatoms. The number of hydrogen-bond donors (Lipinski definition) is 0. The Balaban J connectivity index is 1.01. The van der Waals surface area contributed by atoms with Crippen LogP contribution in [-0.4, -0.2) is 9.13 Å². The highest BCUT2D eigenvalue weighted by Crippen LogP contribution is 2.43. The number of furan rings is 1. The van der Waals surface area contributed by atoms with Gasteiger partial charge in [0.05, 0.1) is 22.1 Å². The molecule has 12 rings (SSSR count). The van der Waals surface area contributed by atoms with Crippen LogP contribution >= 0.6 is 0 Å². The summed E-state index contributed by atoms with van der Waals surface area (Å²) < 4.78 is 11.1. The monoisotopic (exact) mass is 726 g/mol. The van der Waals surface area contributed by atoms with Crippen LogP contribution in [0.25, 0.3) is 110 Å². The van der Waals surface area contributed by atoms with E-state index in [2.05, 4.69) is 203 Å². The molecule has 0 aliphatic rings. The third-order valence-electron chi connectivity index (χ3n) is 11.7. The molecule has 0 unspecified atom stereocenters. The standard InChI is InChI=1S/C54H34N2O/c1-2-12-35(13-3-1)37-14-10-15-38(32-37)39-16-11-17-42(33-39)56-48-22-8-5-20-46(48)54-50(56)31-30-49-53(54)45-19-4-7-21-47(45)55(49)41-27-24-36(25-28-41)40-26-29-44-43-18-6-9-23-51(43)57-52(44)34-40/h1-34H. The molecule has 266 valence electrons. The van der Waals surface area contributed by atoms with Gasteiger partial charge in [-0.3, -0.25) is 0 Å². The fourth-order valence-corrected chi connectivity index (χ4v) is 9.12. The Hall–Kier alpha value is -7.62. The lowest BCUT2D eigenvalue weighted by molar-refractivity contribution is 0.669. The SMILES string of the molecule is c1ccc(-c2cccc(-c3cccc(-n4c5ccccc5c5c6c7ccccc7n(-c7ccc(-c8ccc9c(c8)oc8ccccc89)cc7)c6ccc54)c3)c2)cc1. The Morgan fingerprint density at radius 2 is 0.754 bits per heavy atom. The van der Waals surface area contributed by atoms with Gasteiger partial charge in [0.15, 0.2) is 0 Å². The van der Waals surface area contributed by atoms with Gasteiger partial charge in [0.25, 0.3) is 0 Å². The molecule has 3 aromatic heterocycles. The lowest BCUT2D eigenvalue weighted by Crippen LogP contribution is -1.95. The summed E-state index contributed by atoms with van der Waals surface area (Å²) in [5.74, 6) is 0. The highest BCUT2D eigenvalue weighted by atomic mass is 16.3. The van der Waals surface area contributed by atoms with Crippen LogP contribution in [0.3, 0.4) is 0 Å². The van der Waals surface area contributed by atoms with Crippen molar-refractivity contribution < 1.29 is 4.42 Å². The zero-order valence-corrected chi connectivity index (χ0v) is 30.9. The maximum Gasteiger partial charge on any atom is 0.136 e. The maximum absolute atomic E-state index is 6.23. The summed E-state index contributed by atoms with van der Waals surface area (Å²) in [5.41, 5.74) is 16.0. The van der Waals surface area contributed by atoms with Gasteiger partial charge in [-0.1, -0.05) is 133 Å². The quantitative estimate of drug-likeness (QED) is 0.173. The Kier molecular flexibility index (Phi) is 6.93. The number of benzene rings is 9. The second-order valence-corrected chi connectivity index (χ2v) is 14.9. The third-order valence-corrected chi connectivity index (χ3v) is 11.7. The zero-order chi connectivity index (χ0) is 37.5. The smallest absolute Gasteiger partial charge is 0.136 e. The normalized spacial score (nSPS) is 11.9. The number of hydrogen-bond acceptors (Lipinski definition) is 1. The van der Waals surface area contributed by atoms with E-state index in [4.69, 9.17) is 4.42 Å². The van der Waals surface area contributed by atoms with Crippen molar-refractivity contribution in [2.24, 2.45) is 0 Å². The Labute approximate surface area is 328 Å². The second-order valence-electron chi connectivity index (χ2n) is 14.9. The molecule has 0 fully saturated rings.